The number of anilines is 1. The Balaban J connectivity index is 2.30. The van der Waals surface area contributed by atoms with Crippen molar-refractivity contribution in [3.8, 4) is 11.5 Å². The zero-order chi connectivity index (χ0) is 14.9. The van der Waals surface area contributed by atoms with Gasteiger partial charge in [-0.2, -0.15) is 0 Å². The predicted octanol–water partition coefficient (Wildman–Crippen LogP) is 3.56. The first-order valence-electron chi connectivity index (χ1n) is 5.67. The molecule has 0 heterocycles. The van der Waals surface area contributed by atoms with Gasteiger partial charge in [-0.15, -0.1) is 0 Å². The van der Waals surface area contributed by atoms with Crippen LogP contribution in [0.15, 0.2) is 34.8 Å². The Bertz CT molecular complexity index is 668. The van der Waals surface area contributed by atoms with Crippen LogP contribution in [-0.4, -0.2) is 16.1 Å². The molecule has 20 heavy (non-hydrogen) atoms. The van der Waals surface area contributed by atoms with Crippen LogP contribution in [0.2, 0.25) is 0 Å². The van der Waals surface area contributed by atoms with Gasteiger partial charge in [0.1, 0.15) is 17.3 Å². The molecular formula is C14H11BrFNO3. The van der Waals surface area contributed by atoms with Gasteiger partial charge in [-0.05, 0) is 52.7 Å². The van der Waals surface area contributed by atoms with E-state index < -0.39 is 11.7 Å². The van der Waals surface area contributed by atoms with Crippen LogP contribution in [0.1, 0.15) is 15.9 Å². The molecule has 0 aliphatic heterocycles. The van der Waals surface area contributed by atoms with E-state index in [9.17, 15) is 19.4 Å². The number of rotatable bonds is 2. The number of hydrogen-bond donors (Lipinski definition) is 3. The largest absolute Gasteiger partial charge is 0.508 e. The van der Waals surface area contributed by atoms with E-state index in [2.05, 4.69) is 21.2 Å². The molecule has 0 saturated carbocycles. The third-order valence-electron chi connectivity index (χ3n) is 2.68. The van der Waals surface area contributed by atoms with Gasteiger partial charge in [-0.25, -0.2) is 4.39 Å². The Hall–Kier alpha value is -2.08. The fourth-order valence-corrected chi connectivity index (χ4v) is 2.05. The second-order valence-electron chi connectivity index (χ2n) is 4.27. The molecule has 0 spiro atoms. The molecule has 0 aliphatic carbocycles. The van der Waals surface area contributed by atoms with E-state index in [0.29, 0.717) is 11.3 Å². The lowest BCUT2D eigenvalue weighted by Crippen LogP contribution is -2.12. The lowest BCUT2D eigenvalue weighted by atomic mass is 10.1. The number of benzene rings is 2. The molecule has 4 nitrogen and oxygen atoms in total. The van der Waals surface area contributed by atoms with Crippen LogP contribution in [0, 0.1) is 12.7 Å². The van der Waals surface area contributed by atoms with Gasteiger partial charge >= 0.3 is 0 Å². The van der Waals surface area contributed by atoms with E-state index >= 15 is 0 Å². The Morgan fingerprint density at radius 1 is 1.15 bits per heavy atom. The molecule has 1 amide bonds. The summed E-state index contributed by atoms with van der Waals surface area (Å²) in [6.45, 7) is 1.66. The third-order valence-corrected chi connectivity index (χ3v) is 3.29. The SMILES string of the molecule is Cc1cc(F)c(Br)cc1NC(=O)c1cc(O)cc(O)c1. The molecule has 0 saturated heterocycles. The number of hydrogen-bond acceptors (Lipinski definition) is 3. The summed E-state index contributed by atoms with van der Waals surface area (Å²) in [6.07, 6.45) is 0. The van der Waals surface area contributed by atoms with Gasteiger partial charge in [0.05, 0.1) is 4.47 Å². The summed E-state index contributed by atoms with van der Waals surface area (Å²) in [4.78, 5) is 12.0. The second-order valence-corrected chi connectivity index (χ2v) is 5.13. The Morgan fingerprint density at radius 2 is 1.75 bits per heavy atom. The molecule has 3 N–H and O–H groups in total. The highest BCUT2D eigenvalue weighted by atomic mass is 79.9. The number of aromatic hydroxyl groups is 2. The number of phenols is 2. The molecule has 0 aromatic heterocycles. The quantitative estimate of drug-likeness (QED) is 0.783. The molecule has 0 aliphatic rings. The van der Waals surface area contributed by atoms with Gasteiger partial charge in [-0.3, -0.25) is 4.79 Å². The standard InChI is InChI=1S/C14H11BrFNO3/c1-7-2-12(16)11(15)6-13(7)17-14(20)8-3-9(18)5-10(19)4-8/h2-6,18-19H,1H3,(H,17,20). The maximum Gasteiger partial charge on any atom is 0.255 e. The van der Waals surface area contributed by atoms with Crippen molar-refractivity contribution < 1.29 is 19.4 Å². The molecule has 2 aromatic carbocycles. The highest BCUT2D eigenvalue weighted by Gasteiger charge is 2.12. The summed E-state index contributed by atoms with van der Waals surface area (Å²) >= 11 is 3.04. The lowest BCUT2D eigenvalue weighted by Gasteiger charge is -2.10. The van der Waals surface area contributed by atoms with Crippen LogP contribution in [0.4, 0.5) is 10.1 Å². The van der Waals surface area contributed by atoms with Crippen LogP contribution in [0.25, 0.3) is 0 Å². The summed E-state index contributed by atoms with van der Waals surface area (Å²) in [5.41, 5.74) is 1.09. The molecule has 104 valence electrons. The minimum atomic E-state index is -0.516. The highest BCUT2D eigenvalue weighted by molar-refractivity contribution is 9.10. The summed E-state index contributed by atoms with van der Waals surface area (Å²) in [7, 11) is 0. The van der Waals surface area contributed by atoms with E-state index in [4.69, 9.17) is 0 Å². The number of amides is 1. The van der Waals surface area contributed by atoms with Gasteiger partial charge in [0.2, 0.25) is 0 Å². The summed E-state index contributed by atoms with van der Waals surface area (Å²) in [5, 5.41) is 21.3. The number of carbonyl (C=O) groups is 1. The van der Waals surface area contributed by atoms with Crippen molar-refractivity contribution in [2.24, 2.45) is 0 Å². The number of halogens is 2. The van der Waals surface area contributed by atoms with Crippen molar-refractivity contribution in [2.45, 2.75) is 6.92 Å². The molecule has 0 radical (unpaired) electrons. The predicted molar refractivity (Wildman–Crippen MR) is 76.6 cm³/mol. The first-order chi connectivity index (χ1) is 9.36. The smallest absolute Gasteiger partial charge is 0.255 e. The summed E-state index contributed by atoms with van der Waals surface area (Å²) in [5.74, 6) is -1.37. The van der Waals surface area contributed by atoms with Crippen molar-refractivity contribution in [1.29, 1.82) is 0 Å². The molecule has 6 heteroatoms. The molecular weight excluding hydrogens is 329 g/mol. The van der Waals surface area contributed by atoms with E-state index in [-0.39, 0.29) is 21.5 Å². The number of nitrogens with one attached hydrogen (secondary N) is 1. The first-order valence-corrected chi connectivity index (χ1v) is 6.46. The van der Waals surface area contributed by atoms with Crippen molar-refractivity contribution in [3.05, 3.63) is 51.7 Å². The summed E-state index contributed by atoms with van der Waals surface area (Å²) < 4.78 is 13.5. The first kappa shape index (κ1) is 14.3. The fraction of sp³-hybridized carbons (Fsp3) is 0.0714. The Morgan fingerprint density at radius 3 is 2.35 bits per heavy atom. The van der Waals surface area contributed by atoms with Gasteiger partial charge in [0.25, 0.3) is 5.91 Å². The lowest BCUT2D eigenvalue weighted by molar-refractivity contribution is 0.102. The average Bonchev–Trinajstić information content (AvgIpc) is 2.34. The Labute approximate surface area is 123 Å². The van der Waals surface area contributed by atoms with E-state index in [1.54, 1.807) is 6.92 Å². The molecule has 2 rings (SSSR count). The minimum Gasteiger partial charge on any atom is -0.508 e. The number of carbonyl (C=O) groups excluding carboxylic acids is 1. The van der Waals surface area contributed by atoms with Crippen molar-refractivity contribution in [1.82, 2.24) is 0 Å². The monoisotopic (exact) mass is 339 g/mol. The molecule has 0 atom stereocenters. The maximum absolute atomic E-state index is 13.3. The van der Waals surface area contributed by atoms with Crippen molar-refractivity contribution >= 4 is 27.5 Å². The van der Waals surface area contributed by atoms with Gasteiger partial charge < -0.3 is 15.5 Å². The van der Waals surface area contributed by atoms with E-state index in [1.165, 1.54) is 24.3 Å². The van der Waals surface area contributed by atoms with Crippen LogP contribution >= 0.6 is 15.9 Å². The molecule has 0 bridgehead atoms. The third kappa shape index (κ3) is 3.08. The maximum atomic E-state index is 13.3. The van der Waals surface area contributed by atoms with Crippen LogP contribution < -0.4 is 5.32 Å². The van der Waals surface area contributed by atoms with Crippen LogP contribution in [-0.2, 0) is 0 Å². The average molecular weight is 340 g/mol. The number of aryl methyl sites for hydroxylation is 1. The molecule has 0 unspecified atom stereocenters. The summed E-state index contributed by atoms with van der Waals surface area (Å²) in [6, 6.07) is 6.31. The van der Waals surface area contributed by atoms with Gasteiger partial charge in [0.15, 0.2) is 0 Å². The fourth-order valence-electron chi connectivity index (χ4n) is 1.70. The molecule has 0 fully saturated rings. The topological polar surface area (TPSA) is 69.6 Å². The van der Waals surface area contributed by atoms with Crippen molar-refractivity contribution in [2.75, 3.05) is 5.32 Å². The van der Waals surface area contributed by atoms with Gasteiger partial charge in [-0.1, -0.05) is 0 Å². The Kier molecular flexibility index (Phi) is 3.94. The normalized spacial score (nSPS) is 10.3. The van der Waals surface area contributed by atoms with Crippen LogP contribution in [0.3, 0.4) is 0 Å². The van der Waals surface area contributed by atoms with E-state index in [1.807, 2.05) is 0 Å². The zero-order valence-corrected chi connectivity index (χ0v) is 12.0. The molecule has 2 aromatic rings. The second kappa shape index (κ2) is 5.50. The minimum absolute atomic E-state index is 0.0994. The van der Waals surface area contributed by atoms with Crippen molar-refractivity contribution in [3.63, 3.8) is 0 Å². The van der Waals surface area contributed by atoms with Gasteiger partial charge in [0, 0.05) is 17.3 Å². The highest BCUT2D eigenvalue weighted by Crippen LogP contribution is 2.26. The van der Waals surface area contributed by atoms with Crippen LogP contribution in [0.5, 0.6) is 11.5 Å². The number of phenolic OH excluding ortho intramolecular Hbond substituents is 2. The van der Waals surface area contributed by atoms with E-state index in [0.717, 1.165) is 6.07 Å². The zero-order valence-electron chi connectivity index (χ0n) is 10.4.